The summed E-state index contributed by atoms with van der Waals surface area (Å²) < 4.78 is 5.46. The van der Waals surface area contributed by atoms with Crippen LogP contribution in [0.2, 0.25) is 0 Å². The SMILES string of the molecule is CCOc1ccc(CC(=O)N[C@@H](C)C(=O)C2(N)N=C(c3ccccn3)c3ccccc3N(CCN(CC)CC)C2=O)cc1. The van der Waals surface area contributed by atoms with Gasteiger partial charge in [-0.15, -0.1) is 0 Å². The van der Waals surface area contributed by atoms with E-state index in [1.54, 1.807) is 47.5 Å². The summed E-state index contributed by atoms with van der Waals surface area (Å²) in [6, 6.07) is 18.8. The fourth-order valence-electron chi connectivity index (χ4n) is 5.11. The molecule has 0 spiro atoms. The van der Waals surface area contributed by atoms with E-state index in [0.29, 0.717) is 48.1 Å². The molecule has 0 radical (unpaired) electrons. The maximum absolute atomic E-state index is 14.3. The number of benzodiazepines with no additional fused rings is 1. The van der Waals surface area contributed by atoms with Crippen molar-refractivity contribution in [3.05, 3.63) is 89.7 Å². The molecule has 1 unspecified atom stereocenters. The van der Waals surface area contributed by atoms with Crippen molar-refractivity contribution in [2.24, 2.45) is 10.7 Å². The van der Waals surface area contributed by atoms with Crippen molar-refractivity contribution in [1.82, 2.24) is 15.2 Å². The minimum atomic E-state index is -2.30. The maximum atomic E-state index is 14.3. The minimum absolute atomic E-state index is 0.0411. The first kappa shape index (κ1) is 31.5. The monoisotopic (exact) mass is 584 g/mol. The van der Waals surface area contributed by atoms with E-state index in [9.17, 15) is 14.4 Å². The lowest BCUT2D eigenvalue weighted by molar-refractivity contribution is -0.137. The Kier molecular flexibility index (Phi) is 10.4. The number of hydrogen-bond donors (Lipinski definition) is 2. The standard InChI is InChI=1S/C33H40N6O4/c1-5-38(6-2)20-21-39-28-14-9-8-12-26(28)30(27-13-10-11-19-35-27)37-33(34,32(39)42)31(41)23(4)36-29(40)22-24-15-17-25(18-16-24)43-7-3/h8-19,23H,5-7,20-22,34H2,1-4H3,(H,36,40)/t23-,33?/m0/s1. The summed E-state index contributed by atoms with van der Waals surface area (Å²) in [5.74, 6) is -1.05. The van der Waals surface area contributed by atoms with Gasteiger partial charge in [0.05, 0.1) is 36.2 Å². The van der Waals surface area contributed by atoms with Crippen molar-refractivity contribution in [3.63, 3.8) is 0 Å². The summed E-state index contributed by atoms with van der Waals surface area (Å²) in [6.45, 7) is 10.6. The molecule has 3 aromatic rings. The normalized spacial score (nSPS) is 17.1. The number of nitrogens with zero attached hydrogens (tertiary/aromatic N) is 4. The van der Waals surface area contributed by atoms with E-state index in [2.05, 4.69) is 34.0 Å². The molecular weight excluding hydrogens is 544 g/mol. The quantitative estimate of drug-likeness (QED) is 0.296. The van der Waals surface area contributed by atoms with Gasteiger partial charge in [0.15, 0.2) is 0 Å². The Bertz CT molecular complexity index is 1460. The van der Waals surface area contributed by atoms with Gasteiger partial charge in [-0.2, -0.15) is 0 Å². The van der Waals surface area contributed by atoms with Gasteiger partial charge in [-0.3, -0.25) is 25.1 Å². The molecule has 43 heavy (non-hydrogen) atoms. The van der Waals surface area contributed by atoms with Crippen molar-refractivity contribution >= 4 is 29.0 Å². The van der Waals surface area contributed by atoms with Crippen molar-refractivity contribution in [1.29, 1.82) is 0 Å². The average molecular weight is 585 g/mol. The number of amides is 2. The molecule has 0 fully saturated rings. The summed E-state index contributed by atoms with van der Waals surface area (Å²) in [7, 11) is 0. The number of aromatic nitrogens is 1. The largest absolute Gasteiger partial charge is 0.494 e. The fraction of sp³-hybridized carbons (Fsp3) is 0.364. The Labute approximate surface area is 253 Å². The number of anilines is 1. The second kappa shape index (κ2) is 14.2. The number of nitrogens with two attached hydrogens (primary N) is 1. The molecule has 0 saturated carbocycles. The fourth-order valence-corrected chi connectivity index (χ4v) is 5.11. The smallest absolute Gasteiger partial charge is 0.277 e. The third kappa shape index (κ3) is 7.15. The van der Waals surface area contributed by atoms with Gasteiger partial charge < -0.3 is 19.9 Å². The van der Waals surface area contributed by atoms with Crippen LogP contribution in [0.4, 0.5) is 5.69 Å². The number of carbonyl (C=O) groups excluding carboxylic acids is 3. The van der Waals surface area contributed by atoms with E-state index in [-0.39, 0.29) is 12.3 Å². The third-order valence-electron chi connectivity index (χ3n) is 7.50. The van der Waals surface area contributed by atoms with E-state index >= 15 is 0 Å². The Balaban J connectivity index is 1.67. The molecule has 1 aliphatic heterocycles. The lowest BCUT2D eigenvalue weighted by atomic mass is 9.98. The summed E-state index contributed by atoms with van der Waals surface area (Å²) in [4.78, 5) is 54.2. The number of likely N-dealkylation sites (N-methyl/N-ethyl adjacent to an activating group) is 1. The van der Waals surface area contributed by atoms with E-state index in [1.807, 2.05) is 37.3 Å². The van der Waals surface area contributed by atoms with Crippen molar-refractivity contribution < 1.29 is 19.1 Å². The van der Waals surface area contributed by atoms with Gasteiger partial charge in [-0.25, -0.2) is 4.99 Å². The molecule has 2 heterocycles. The first-order valence-electron chi connectivity index (χ1n) is 14.7. The van der Waals surface area contributed by atoms with Gasteiger partial charge in [0.1, 0.15) is 5.75 Å². The number of nitrogens with one attached hydrogen (secondary N) is 1. The molecule has 4 rings (SSSR count). The molecule has 0 aliphatic carbocycles. The van der Waals surface area contributed by atoms with Crippen LogP contribution in [0.25, 0.3) is 0 Å². The lowest BCUT2D eigenvalue weighted by Crippen LogP contribution is -2.64. The highest BCUT2D eigenvalue weighted by molar-refractivity contribution is 6.26. The zero-order valence-corrected chi connectivity index (χ0v) is 25.2. The molecule has 3 N–H and O–H groups in total. The molecule has 1 aromatic heterocycles. The zero-order valence-electron chi connectivity index (χ0n) is 25.2. The molecule has 2 amide bonds. The first-order chi connectivity index (χ1) is 20.7. The van der Waals surface area contributed by atoms with E-state index in [0.717, 1.165) is 18.7 Å². The van der Waals surface area contributed by atoms with Gasteiger partial charge in [-0.05, 0) is 62.8 Å². The highest BCUT2D eigenvalue weighted by atomic mass is 16.5. The van der Waals surface area contributed by atoms with Crippen LogP contribution in [0.5, 0.6) is 5.75 Å². The number of carbonyl (C=O) groups is 3. The van der Waals surface area contributed by atoms with Crippen LogP contribution < -0.4 is 20.7 Å². The van der Waals surface area contributed by atoms with Crippen molar-refractivity contribution in [2.75, 3.05) is 37.7 Å². The lowest BCUT2D eigenvalue weighted by Gasteiger charge is -2.32. The zero-order chi connectivity index (χ0) is 31.0. The molecule has 10 heteroatoms. The number of rotatable bonds is 13. The molecule has 10 nitrogen and oxygen atoms in total. The second-order valence-corrected chi connectivity index (χ2v) is 10.3. The topological polar surface area (TPSA) is 130 Å². The summed E-state index contributed by atoms with van der Waals surface area (Å²) in [5.41, 5.74) is 7.24. The van der Waals surface area contributed by atoms with Crippen LogP contribution in [0, 0.1) is 0 Å². The molecule has 2 atom stereocenters. The van der Waals surface area contributed by atoms with Crippen LogP contribution in [-0.4, -0.2) is 77.7 Å². The maximum Gasteiger partial charge on any atom is 0.277 e. The number of pyridine rings is 1. The Morgan fingerprint density at radius 2 is 1.72 bits per heavy atom. The minimum Gasteiger partial charge on any atom is -0.494 e. The number of fused-ring (bicyclic) bond motifs is 1. The van der Waals surface area contributed by atoms with Crippen LogP contribution in [0.3, 0.4) is 0 Å². The van der Waals surface area contributed by atoms with E-state index in [1.165, 1.54) is 6.92 Å². The third-order valence-corrected chi connectivity index (χ3v) is 7.50. The Morgan fingerprint density at radius 1 is 1.02 bits per heavy atom. The highest BCUT2D eigenvalue weighted by Crippen LogP contribution is 2.31. The summed E-state index contributed by atoms with van der Waals surface area (Å²) in [5, 5.41) is 2.73. The van der Waals surface area contributed by atoms with Crippen LogP contribution >= 0.6 is 0 Å². The molecule has 226 valence electrons. The van der Waals surface area contributed by atoms with Gasteiger partial charge in [0, 0.05) is 24.8 Å². The molecule has 2 aromatic carbocycles. The van der Waals surface area contributed by atoms with Crippen molar-refractivity contribution in [3.8, 4) is 5.75 Å². The Hall–Kier alpha value is -4.41. The number of ether oxygens (including phenoxy) is 1. The molecule has 0 saturated heterocycles. The predicted molar refractivity (Wildman–Crippen MR) is 167 cm³/mol. The first-order valence-corrected chi connectivity index (χ1v) is 14.7. The average Bonchev–Trinajstić information content (AvgIpc) is 3.11. The number of benzene rings is 2. The number of aliphatic imine (C=N–C) groups is 1. The van der Waals surface area contributed by atoms with Crippen LogP contribution in [0.1, 0.15) is 44.5 Å². The number of ketones is 1. The molecule has 0 bridgehead atoms. The van der Waals surface area contributed by atoms with Crippen LogP contribution in [-0.2, 0) is 20.8 Å². The summed E-state index contributed by atoms with van der Waals surface area (Å²) in [6.07, 6.45) is 1.66. The highest BCUT2D eigenvalue weighted by Gasteiger charge is 2.49. The number of Topliss-reactive ketones (excluding diaryl/α,β-unsaturated/α-hetero) is 1. The van der Waals surface area contributed by atoms with E-state index < -0.39 is 23.4 Å². The Morgan fingerprint density at radius 3 is 2.37 bits per heavy atom. The van der Waals surface area contributed by atoms with Gasteiger partial charge in [-0.1, -0.05) is 50.2 Å². The van der Waals surface area contributed by atoms with Crippen LogP contribution in [0.15, 0.2) is 77.9 Å². The molecular formula is C33H40N6O4. The molecule has 1 aliphatic rings. The summed E-state index contributed by atoms with van der Waals surface area (Å²) >= 11 is 0. The number of para-hydroxylation sites is 1. The predicted octanol–water partition coefficient (Wildman–Crippen LogP) is 2.98. The van der Waals surface area contributed by atoms with Crippen molar-refractivity contribution in [2.45, 2.75) is 45.8 Å². The van der Waals surface area contributed by atoms with E-state index in [4.69, 9.17) is 10.5 Å². The van der Waals surface area contributed by atoms with Gasteiger partial charge in [0.25, 0.3) is 5.91 Å². The van der Waals surface area contributed by atoms with Gasteiger partial charge >= 0.3 is 0 Å². The van der Waals surface area contributed by atoms with Gasteiger partial charge in [0.2, 0.25) is 17.4 Å². The number of hydrogen-bond acceptors (Lipinski definition) is 8. The second-order valence-electron chi connectivity index (χ2n) is 10.3.